The minimum absolute atomic E-state index is 0.129. The molecule has 0 saturated carbocycles. The highest BCUT2D eigenvalue weighted by atomic mass is 35.5. The average molecular weight is 555 g/mol. The van der Waals surface area contributed by atoms with Crippen LogP contribution in [0.25, 0.3) is 10.9 Å². The molecule has 3 aromatic carbocycles. The summed E-state index contributed by atoms with van der Waals surface area (Å²) in [4.78, 5) is 21.8. The molecule has 7 rings (SSSR count). The van der Waals surface area contributed by atoms with Gasteiger partial charge in [-0.15, -0.1) is 18.3 Å². The lowest BCUT2D eigenvalue weighted by Gasteiger charge is -2.51. The van der Waals surface area contributed by atoms with E-state index in [1.807, 2.05) is 79.0 Å². The maximum absolute atomic E-state index is 13.6. The number of nitrogens with zero attached hydrogens (tertiary/aromatic N) is 2. The molecule has 0 spiro atoms. The van der Waals surface area contributed by atoms with Crippen molar-refractivity contribution >= 4 is 40.2 Å². The first-order chi connectivity index (χ1) is 19.1. The molecule has 4 nitrogen and oxygen atoms in total. The second-order valence-electron chi connectivity index (χ2n) is 10.4. The van der Waals surface area contributed by atoms with Gasteiger partial charge in [-0.25, -0.2) is 4.79 Å². The van der Waals surface area contributed by atoms with E-state index in [2.05, 4.69) is 28.6 Å². The van der Waals surface area contributed by atoms with Crippen molar-refractivity contribution in [2.45, 2.75) is 35.6 Å². The van der Waals surface area contributed by atoms with Crippen molar-refractivity contribution < 1.29 is 9.53 Å². The number of halogens is 1. The van der Waals surface area contributed by atoms with E-state index in [0.29, 0.717) is 17.4 Å². The maximum Gasteiger partial charge on any atom is 0.338 e. The predicted molar refractivity (Wildman–Crippen MR) is 159 cm³/mol. The smallest absolute Gasteiger partial charge is 0.338 e. The van der Waals surface area contributed by atoms with Crippen molar-refractivity contribution in [3.63, 3.8) is 0 Å². The maximum atomic E-state index is 13.6. The molecule has 0 amide bonds. The second kappa shape index (κ2) is 11.5. The Morgan fingerprint density at radius 1 is 1.10 bits per heavy atom. The van der Waals surface area contributed by atoms with Gasteiger partial charge in [0.1, 0.15) is 6.10 Å². The molecule has 0 radical (unpaired) electrons. The van der Waals surface area contributed by atoms with Crippen LogP contribution in [-0.4, -0.2) is 35.0 Å². The van der Waals surface area contributed by atoms with Gasteiger partial charge >= 0.3 is 5.97 Å². The summed E-state index contributed by atoms with van der Waals surface area (Å²) in [6.45, 7) is 6.07. The summed E-state index contributed by atoms with van der Waals surface area (Å²) < 4.78 is 6.42. The molecule has 3 saturated heterocycles. The molecule has 2 bridgehead atoms. The Kier molecular flexibility index (Phi) is 7.73. The molecule has 6 heteroatoms. The fourth-order valence-electron chi connectivity index (χ4n) is 6.03. The fraction of sp³-hybridized carbons (Fsp3) is 0.273. The number of fused-ring (bicyclic) bond motifs is 4. The van der Waals surface area contributed by atoms with Crippen LogP contribution in [0, 0.1) is 11.8 Å². The summed E-state index contributed by atoms with van der Waals surface area (Å²) in [6.07, 6.45) is 5.71. The Balaban J connectivity index is 1.23. The van der Waals surface area contributed by atoms with Gasteiger partial charge in [-0.05, 0) is 85.3 Å². The number of pyridine rings is 1. The van der Waals surface area contributed by atoms with E-state index in [1.54, 1.807) is 11.8 Å². The van der Waals surface area contributed by atoms with Crippen molar-refractivity contribution in [2.24, 2.45) is 11.8 Å². The highest BCUT2D eigenvalue weighted by Gasteiger charge is 2.44. The van der Waals surface area contributed by atoms with Crippen LogP contribution in [0.5, 0.6) is 0 Å². The first kappa shape index (κ1) is 26.1. The van der Waals surface area contributed by atoms with Crippen LogP contribution < -0.4 is 0 Å². The summed E-state index contributed by atoms with van der Waals surface area (Å²) in [7, 11) is 0. The molecule has 1 unspecified atom stereocenters. The summed E-state index contributed by atoms with van der Waals surface area (Å²) in [6, 6.07) is 25.9. The number of hydrogen-bond acceptors (Lipinski definition) is 5. The SMILES string of the molecule is C=C[C@@H]1CN2CC[C@H]1C[C@H]2[C@H](OC(=O)c1ccc(CSc2ccc(Cl)cc2)cc1)c1ccnc2ccccc12. The predicted octanol–water partition coefficient (Wildman–Crippen LogP) is 7.98. The second-order valence-corrected chi connectivity index (χ2v) is 11.9. The van der Waals surface area contributed by atoms with E-state index < -0.39 is 0 Å². The van der Waals surface area contributed by atoms with Gasteiger partial charge < -0.3 is 4.74 Å². The standard InChI is InChI=1S/C33H31ClN2O2S/c1-2-23-20-36-18-16-25(23)19-31(36)32(29-15-17-35-30-6-4-3-5-28(29)30)38-33(37)24-9-7-22(8-10-24)21-39-27-13-11-26(34)12-14-27/h2-15,17,23,25,31-32H,1,16,18-21H2/t23-,25+,31+,32-/m1/s1. The molecule has 3 aliphatic heterocycles. The number of carbonyl (C=O) groups excluding carboxylic acids is 1. The summed E-state index contributed by atoms with van der Waals surface area (Å²) in [5.74, 6) is 1.59. The zero-order valence-electron chi connectivity index (χ0n) is 21.7. The number of piperidine rings is 3. The van der Waals surface area contributed by atoms with E-state index in [1.165, 1.54) is 6.42 Å². The number of benzene rings is 3. The van der Waals surface area contributed by atoms with Gasteiger partial charge in [-0.3, -0.25) is 9.88 Å². The van der Waals surface area contributed by atoms with Crippen molar-refractivity contribution in [1.82, 2.24) is 9.88 Å². The van der Waals surface area contributed by atoms with Gasteiger partial charge in [0.2, 0.25) is 0 Å². The van der Waals surface area contributed by atoms with Crippen LogP contribution in [0.2, 0.25) is 5.02 Å². The number of para-hydroxylation sites is 1. The van der Waals surface area contributed by atoms with Gasteiger partial charge in [0.15, 0.2) is 0 Å². The average Bonchev–Trinajstić information content (AvgIpc) is 2.99. The normalized spacial score (nSPS) is 22.9. The van der Waals surface area contributed by atoms with Crippen LogP contribution in [0.1, 0.15) is 40.4 Å². The van der Waals surface area contributed by atoms with Crippen molar-refractivity contribution in [1.29, 1.82) is 0 Å². The fourth-order valence-corrected chi connectivity index (χ4v) is 7.01. The summed E-state index contributed by atoms with van der Waals surface area (Å²) in [5.41, 5.74) is 3.66. The topological polar surface area (TPSA) is 42.4 Å². The lowest BCUT2D eigenvalue weighted by atomic mass is 9.73. The van der Waals surface area contributed by atoms with Crippen molar-refractivity contribution in [3.05, 3.63) is 119 Å². The van der Waals surface area contributed by atoms with Gasteiger partial charge in [-0.2, -0.15) is 0 Å². The molecule has 4 heterocycles. The van der Waals surface area contributed by atoms with Gasteiger partial charge in [0, 0.05) is 39.4 Å². The first-order valence-corrected chi connectivity index (χ1v) is 14.8. The third-order valence-electron chi connectivity index (χ3n) is 8.14. The Hall–Kier alpha value is -3.12. The molecular weight excluding hydrogens is 524 g/mol. The number of thioether (sulfide) groups is 1. The Morgan fingerprint density at radius 3 is 2.64 bits per heavy atom. The Labute approximate surface area is 239 Å². The number of carbonyl (C=O) groups is 1. The molecule has 0 aliphatic carbocycles. The van der Waals surface area contributed by atoms with Crippen molar-refractivity contribution in [3.8, 4) is 0 Å². The van der Waals surface area contributed by atoms with Crippen LogP contribution in [0.3, 0.4) is 0 Å². The quantitative estimate of drug-likeness (QED) is 0.125. The molecule has 198 valence electrons. The molecule has 0 N–H and O–H groups in total. The van der Waals surface area contributed by atoms with E-state index in [4.69, 9.17) is 16.3 Å². The van der Waals surface area contributed by atoms with Crippen LogP contribution >= 0.6 is 23.4 Å². The third kappa shape index (κ3) is 5.62. The lowest BCUT2D eigenvalue weighted by Crippen LogP contribution is -2.55. The first-order valence-electron chi connectivity index (χ1n) is 13.5. The third-order valence-corrected chi connectivity index (χ3v) is 9.47. The van der Waals surface area contributed by atoms with E-state index in [9.17, 15) is 4.79 Å². The van der Waals surface area contributed by atoms with E-state index in [-0.39, 0.29) is 18.1 Å². The molecular formula is C33H31ClN2O2S. The number of rotatable bonds is 8. The van der Waals surface area contributed by atoms with Crippen LogP contribution in [0.4, 0.5) is 0 Å². The molecule has 3 aliphatic rings. The summed E-state index contributed by atoms with van der Waals surface area (Å²) in [5, 5.41) is 1.77. The number of hydrogen-bond donors (Lipinski definition) is 0. The minimum atomic E-state index is -0.376. The van der Waals surface area contributed by atoms with Gasteiger partial charge in [0.25, 0.3) is 0 Å². The van der Waals surface area contributed by atoms with Crippen LogP contribution in [-0.2, 0) is 10.5 Å². The lowest BCUT2D eigenvalue weighted by molar-refractivity contribution is -0.0568. The number of esters is 1. The van der Waals surface area contributed by atoms with Crippen molar-refractivity contribution in [2.75, 3.05) is 13.1 Å². The molecule has 3 fully saturated rings. The minimum Gasteiger partial charge on any atom is -0.452 e. The molecule has 4 aromatic rings. The Morgan fingerprint density at radius 2 is 1.90 bits per heavy atom. The zero-order chi connectivity index (χ0) is 26.8. The molecule has 39 heavy (non-hydrogen) atoms. The molecule has 1 aromatic heterocycles. The largest absolute Gasteiger partial charge is 0.452 e. The monoisotopic (exact) mass is 554 g/mol. The zero-order valence-corrected chi connectivity index (χ0v) is 23.3. The number of ether oxygens (including phenoxy) is 1. The highest BCUT2D eigenvalue weighted by molar-refractivity contribution is 7.98. The van der Waals surface area contributed by atoms with Crippen LogP contribution in [0.15, 0.2) is 103 Å². The van der Waals surface area contributed by atoms with Gasteiger partial charge in [0.05, 0.1) is 17.1 Å². The van der Waals surface area contributed by atoms with E-state index in [0.717, 1.165) is 57.2 Å². The summed E-state index contributed by atoms with van der Waals surface area (Å²) >= 11 is 7.74. The number of aromatic nitrogens is 1. The molecule has 5 atom stereocenters. The Bertz CT molecular complexity index is 1470. The highest BCUT2D eigenvalue weighted by Crippen LogP contribution is 2.43. The van der Waals surface area contributed by atoms with E-state index >= 15 is 0 Å². The van der Waals surface area contributed by atoms with Gasteiger partial charge in [-0.1, -0.05) is 48.0 Å².